The van der Waals surface area contributed by atoms with Crippen LogP contribution in [0.5, 0.6) is 0 Å². The van der Waals surface area contributed by atoms with E-state index in [4.69, 9.17) is 10.2 Å². The molecule has 0 spiro atoms. The quantitative estimate of drug-likeness (QED) is 0.185. The van der Waals surface area contributed by atoms with Gasteiger partial charge in [-0.15, -0.1) is 0 Å². The Balaban J connectivity index is 0.000000406. The highest BCUT2D eigenvalue weighted by Gasteiger charge is 2.60. The van der Waals surface area contributed by atoms with Crippen LogP contribution in [-0.2, 0) is 25.6 Å². The second-order valence-electron chi connectivity index (χ2n) is 13.9. The lowest BCUT2D eigenvalue weighted by atomic mass is 9.82. The number of carbonyl (C=O) groups is 4. The van der Waals surface area contributed by atoms with Crippen LogP contribution in [0, 0.1) is 116 Å². The number of rotatable bonds is 7. The molecule has 0 aliphatic rings. The number of aliphatic carboxylic acids is 2. The predicted octanol–water partition coefficient (Wildman–Crippen LogP) is 7.92. The summed E-state index contributed by atoms with van der Waals surface area (Å²) in [4.78, 5) is 44.5. The number of carboxylic acids is 2. The van der Waals surface area contributed by atoms with Crippen molar-refractivity contribution >= 4 is 23.8 Å². The number of hydrogen-bond donors (Lipinski definition) is 4. The maximum atomic E-state index is 11.4. The molecule has 8 nitrogen and oxygen atoms in total. The van der Waals surface area contributed by atoms with E-state index in [0.717, 1.165) is 13.5 Å². The van der Waals surface area contributed by atoms with E-state index < -0.39 is 29.2 Å². The van der Waals surface area contributed by atoms with Crippen molar-refractivity contribution < 1.29 is 29.4 Å². The molecule has 0 aliphatic carbocycles. The molecule has 0 heterocycles. The maximum Gasteiger partial charge on any atom is 0.340 e. The minimum Gasteiger partial charge on any atom is -0.480 e. The lowest BCUT2D eigenvalue weighted by Gasteiger charge is -2.23. The standard InChI is InChI=1S/C23H32.C12H18.C8H12N2O6/c1-12-14(3)18(7)22(19(8)15(12)4)11-23-20(9)16(5)13(2)17(6)21(23)10;1-7-8(2)10(4)12(6)11(5)9(7)3;1-3-10-5(12)8(6(13)14,7(15)16)4(11)9-2/h11H2,1-10H3;1-6H3;3H2,1-2H3,(H,9,11)(H,10,12)(H,13,14)(H,15,16). The fourth-order valence-corrected chi connectivity index (χ4v) is 6.61. The predicted molar refractivity (Wildman–Crippen MR) is 208 cm³/mol. The smallest absolute Gasteiger partial charge is 0.340 e. The number of carboxylic acid groups (broad SMARTS) is 2. The fourth-order valence-electron chi connectivity index (χ4n) is 6.61. The van der Waals surface area contributed by atoms with Crippen LogP contribution in [0.4, 0.5) is 0 Å². The van der Waals surface area contributed by atoms with Crippen LogP contribution in [0.2, 0.25) is 0 Å². The summed E-state index contributed by atoms with van der Waals surface area (Å²) >= 11 is 0. The number of nitrogens with one attached hydrogen (secondary N) is 2. The monoisotopic (exact) mass is 702 g/mol. The summed E-state index contributed by atoms with van der Waals surface area (Å²) in [5.41, 5.74) is 23.3. The zero-order chi connectivity index (χ0) is 40.0. The van der Waals surface area contributed by atoms with E-state index in [1.807, 2.05) is 10.6 Å². The molecule has 0 fully saturated rings. The van der Waals surface area contributed by atoms with Crippen molar-refractivity contribution in [3.63, 3.8) is 0 Å². The third kappa shape index (κ3) is 8.54. The Morgan fingerprint density at radius 1 is 0.431 bits per heavy atom. The molecule has 3 aromatic carbocycles. The first-order chi connectivity index (χ1) is 23.4. The van der Waals surface area contributed by atoms with Gasteiger partial charge >= 0.3 is 17.4 Å². The highest BCUT2D eigenvalue weighted by Crippen LogP contribution is 2.33. The van der Waals surface area contributed by atoms with Crippen molar-refractivity contribution in [2.45, 2.75) is 124 Å². The van der Waals surface area contributed by atoms with Crippen molar-refractivity contribution in [1.29, 1.82) is 0 Å². The summed E-state index contributed by atoms with van der Waals surface area (Å²) in [5, 5.41) is 21.4. The first-order valence-electron chi connectivity index (χ1n) is 17.5. The average molecular weight is 703 g/mol. The third-order valence-corrected chi connectivity index (χ3v) is 11.9. The molecular formula is C43H62N2O6. The summed E-state index contributed by atoms with van der Waals surface area (Å²) in [5.74, 6) is -6.86. The molecular weight excluding hydrogens is 640 g/mol. The third-order valence-electron chi connectivity index (χ3n) is 11.9. The minimum atomic E-state index is -3.15. The Hall–Kier alpha value is -4.46. The van der Waals surface area contributed by atoms with Gasteiger partial charge in [0, 0.05) is 13.6 Å². The lowest BCUT2D eigenvalue weighted by molar-refractivity contribution is -0.172. The first kappa shape index (κ1) is 44.6. The Bertz CT molecular complexity index is 1620. The Morgan fingerprint density at radius 2 is 0.647 bits per heavy atom. The van der Waals surface area contributed by atoms with Crippen LogP contribution in [0.1, 0.15) is 107 Å². The molecule has 0 aromatic heterocycles. The maximum absolute atomic E-state index is 11.4. The largest absolute Gasteiger partial charge is 0.480 e. The number of benzene rings is 3. The van der Waals surface area contributed by atoms with Gasteiger partial charge in [0.25, 0.3) is 11.8 Å². The van der Waals surface area contributed by atoms with Gasteiger partial charge in [-0.1, -0.05) is 0 Å². The molecule has 0 saturated carbocycles. The summed E-state index contributed by atoms with van der Waals surface area (Å²) < 4.78 is 0. The second-order valence-corrected chi connectivity index (χ2v) is 13.9. The highest BCUT2D eigenvalue weighted by atomic mass is 16.4. The highest BCUT2D eigenvalue weighted by molar-refractivity contribution is 6.34. The van der Waals surface area contributed by atoms with Gasteiger partial charge in [0.05, 0.1) is 0 Å². The van der Waals surface area contributed by atoms with Crippen LogP contribution < -0.4 is 10.6 Å². The fraction of sp³-hybridized carbons (Fsp3) is 0.488. The average Bonchev–Trinajstić information content (AvgIpc) is 3.09. The zero-order valence-corrected chi connectivity index (χ0v) is 34.4. The normalized spacial score (nSPS) is 10.8. The number of hydrogen-bond acceptors (Lipinski definition) is 4. The van der Waals surface area contributed by atoms with Crippen molar-refractivity contribution in [3.8, 4) is 0 Å². The number of amides is 2. The van der Waals surface area contributed by atoms with E-state index in [2.05, 4.69) is 111 Å². The first-order valence-corrected chi connectivity index (χ1v) is 17.5. The van der Waals surface area contributed by atoms with Crippen molar-refractivity contribution in [2.75, 3.05) is 13.6 Å². The SMILES string of the molecule is CCNC(=O)C(C(=O)O)(C(=O)O)C(=O)NC.Cc1c(C)c(C)c(C)c(C)c1C.Cc1c(C)c(C)c(Cc2c(C)c(C)c(C)c(C)c2C)c(C)c1C. The van der Waals surface area contributed by atoms with Crippen LogP contribution in [-0.4, -0.2) is 47.6 Å². The molecule has 280 valence electrons. The summed E-state index contributed by atoms with van der Waals surface area (Å²) in [6, 6.07) is 0. The van der Waals surface area contributed by atoms with Crippen LogP contribution in [0.3, 0.4) is 0 Å². The van der Waals surface area contributed by atoms with E-state index in [0.29, 0.717) is 0 Å². The van der Waals surface area contributed by atoms with E-state index in [9.17, 15) is 19.2 Å². The van der Waals surface area contributed by atoms with Gasteiger partial charge in [-0.05, 0) is 224 Å². The molecule has 3 aromatic rings. The van der Waals surface area contributed by atoms with Crippen LogP contribution in [0.15, 0.2) is 0 Å². The molecule has 0 unspecified atom stereocenters. The van der Waals surface area contributed by atoms with Gasteiger partial charge in [-0.2, -0.15) is 0 Å². The van der Waals surface area contributed by atoms with Crippen molar-refractivity contribution in [1.82, 2.24) is 10.6 Å². The minimum absolute atomic E-state index is 0.0120. The topological polar surface area (TPSA) is 133 Å². The Labute approximate surface area is 306 Å². The molecule has 51 heavy (non-hydrogen) atoms. The van der Waals surface area contributed by atoms with E-state index in [1.54, 1.807) is 0 Å². The lowest BCUT2D eigenvalue weighted by Crippen LogP contribution is -2.60. The van der Waals surface area contributed by atoms with Gasteiger partial charge in [0.1, 0.15) is 0 Å². The number of carbonyl (C=O) groups excluding carboxylic acids is 2. The van der Waals surface area contributed by atoms with Crippen LogP contribution in [0.25, 0.3) is 0 Å². The van der Waals surface area contributed by atoms with Gasteiger partial charge in [0.2, 0.25) is 0 Å². The van der Waals surface area contributed by atoms with Gasteiger partial charge < -0.3 is 20.8 Å². The molecule has 8 heteroatoms. The van der Waals surface area contributed by atoms with Gasteiger partial charge in [0.15, 0.2) is 0 Å². The molecule has 0 atom stereocenters. The molecule has 0 bridgehead atoms. The van der Waals surface area contributed by atoms with Crippen molar-refractivity contribution in [2.24, 2.45) is 5.41 Å². The molecule has 0 saturated heterocycles. The Kier molecular flexibility index (Phi) is 15.4. The molecule has 0 radical (unpaired) electrons. The van der Waals surface area contributed by atoms with E-state index >= 15 is 0 Å². The molecule has 0 aliphatic heterocycles. The molecule has 2 amide bonds. The van der Waals surface area contributed by atoms with Gasteiger partial charge in [-0.3, -0.25) is 9.59 Å². The zero-order valence-electron chi connectivity index (χ0n) is 34.4. The second kappa shape index (κ2) is 17.7. The molecule has 3 rings (SSSR count). The van der Waals surface area contributed by atoms with Crippen molar-refractivity contribution in [3.05, 3.63) is 100 Å². The summed E-state index contributed by atoms with van der Waals surface area (Å²) in [6.45, 7) is 37.5. The van der Waals surface area contributed by atoms with Gasteiger partial charge in [-0.25, -0.2) is 9.59 Å². The summed E-state index contributed by atoms with van der Waals surface area (Å²) in [6.07, 6.45) is 1.05. The summed E-state index contributed by atoms with van der Waals surface area (Å²) in [7, 11) is 1.04. The van der Waals surface area contributed by atoms with E-state index in [-0.39, 0.29) is 6.54 Å². The Morgan fingerprint density at radius 3 is 0.824 bits per heavy atom. The van der Waals surface area contributed by atoms with Crippen LogP contribution >= 0.6 is 0 Å². The van der Waals surface area contributed by atoms with E-state index in [1.165, 1.54) is 107 Å². The molecule has 4 N–H and O–H groups in total.